The molecule has 0 saturated carbocycles. The number of methoxy groups -OCH3 is 3. The Hall–Kier alpha value is -3.88. The molecule has 168 valence electrons. The van der Waals surface area contributed by atoms with E-state index in [0.717, 1.165) is 0 Å². The average Bonchev–Trinajstić information content (AvgIpc) is 3.39. The lowest BCUT2D eigenvalue weighted by Gasteiger charge is -2.24. The van der Waals surface area contributed by atoms with E-state index < -0.39 is 17.9 Å². The van der Waals surface area contributed by atoms with Crippen molar-refractivity contribution in [1.29, 1.82) is 0 Å². The maximum Gasteiger partial charge on any atom is 0.339 e. The summed E-state index contributed by atoms with van der Waals surface area (Å²) in [5.41, 5.74) is 1.31. The lowest BCUT2D eigenvalue weighted by molar-refractivity contribution is -0.136. The number of hydrogen-bond acceptors (Lipinski definition) is 9. The molecule has 1 atom stereocenters. The van der Waals surface area contributed by atoms with Crippen molar-refractivity contribution in [1.82, 2.24) is 0 Å². The van der Waals surface area contributed by atoms with Gasteiger partial charge in [-0.05, 0) is 12.1 Å². The van der Waals surface area contributed by atoms with Crippen LogP contribution in [0.4, 0.5) is 0 Å². The Morgan fingerprint density at radius 3 is 2.34 bits per heavy atom. The number of para-hydroxylation sites is 1. The highest BCUT2D eigenvalue weighted by atomic mass is 16.7. The highest BCUT2D eigenvalue weighted by molar-refractivity contribution is 5.94. The third kappa shape index (κ3) is 3.66. The van der Waals surface area contributed by atoms with Crippen molar-refractivity contribution >= 4 is 11.9 Å². The first-order valence-corrected chi connectivity index (χ1v) is 9.75. The number of ether oxygens (including phenoxy) is 7. The van der Waals surface area contributed by atoms with Crippen LogP contribution in [0, 0.1) is 0 Å². The van der Waals surface area contributed by atoms with E-state index in [2.05, 4.69) is 0 Å². The van der Waals surface area contributed by atoms with Crippen LogP contribution in [-0.4, -0.2) is 46.7 Å². The highest BCUT2D eigenvalue weighted by Gasteiger charge is 2.39. The molecule has 2 aliphatic rings. The van der Waals surface area contributed by atoms with Gasteiger partial charge in [-0.3, -0.25) is 4.79 Å². The second-order valence-electron chi connectivity index (χ2n) is 6.97. The number of rotatable bonds is 7. The fourth-order valence-corrected chi connectivity index (χ4v) is 3.87. The molecular formula is C23H22O9. The van der Waals surface area contributed by atoms with Gasteiger partial charge in [0.2, 0.25) is 6.79 Å². The number of carbonyl (C=O) groups is 2. The van der Waals surface area contributed by atoms with E-state index in [9.17, 15) is 9.59 Å². The van der Waals surface area contributed by atoms with E-state index in [-0.39, 0.29) is 24.7 Å². The van der Waals surface area contributed by atoms with Crippen LogP contribution in [0.2, 0.25) is 0 Å². The molecule has 9 heteroatoms. The molecule has 9 nitrogen and oxygen atoms in total. The number of carbonyl (C=O) groups excluding carboxylic acids is 2. The molecule has 2 heterocycles. The summed E-state index contributed by atoms with van der Waals surface area (Å²) in [6.07, 6.45) is 0. The van der Waals surface area contributed by atoms with E-state index in [1.54, 1.807) is 30.3 Å². The molecule has 0 aromatic heterocycles. The molecule has 0 spiro atoms. The minimum absolute atomic E-state index is 0.0130. The van der Waals surface area contributed by atoms with Gasteiger partial charge in [-0.15, -0.1) is 0 Å². The minimum atomic E-state index is -0.783. The topological polar surface area (TPSA) is 98.8 Å². The van der Waals surface area contributed by atoms with Crippen LogP contribution in [0.3, 0.4) is 0 Å². The summed E-state index contributed by atoms with van der Waals surface area (Å²) < 4.78 is 38.3. The Morgan fingerprint density at radius 1 is 0.938 bits per heavy atom. The number of benzene rings is 2. The van der Waals surface area contributed by atoms with Gasteiger partial charge in [-0.2, -0.15) is 0 Å². The van der Waals surface area contributed by atoms with E-state index in [1.807, 2.05) is 0 Å². The molecule has 0 amide bonds. The molecule has 32 heavy (non-hydrogen) atoms. The molecule has 0 N–H and O–H groups in total. The Bertz CT molecular complexity index is 1100. The van der Waals surface area contributed by atoms with Gasteiger partial charge >= 0.3 is 11.9 Å². The van der Waals surface area contributed by atoms with Crippen LogP contribution in [0.5, 0.6) is 28.7 Å². The summed E-state index contributed by atoms with van der Waals surface area (Å²) in [6.45, 7) is 1.31. The molecular weight excluding hydrogens is 420 g/mol. The summed E-state index contributed by atoms with van der Waals surface area (Å²) in [6, 6.07) is 8.54. The van der Waals surface area contributed by atoms with Crippen molar-refractivity contribution < 1.29 is 42.7 Å². The molecule has 0 radical (unpaired) electrons. The number of fused-ring (bicyclic) bond motifs is 1. The first-order chi connectivity index (χ1) is 15.5. The normalized spacial score (nSPS) is 15.3. The zero-order valence-corrected chi connectivity index (χ0v) is 18.1. The first kappa shape index (κ1) is 21.4. The van der Waals surface area contributed by atoms with Gasteiger partial charge in [0, 0.05) is 24.1 Å². The van der Waals surface area contributed by atoms with E-state index in [0.29, 0.717) is 39.9 Å². The first-order valence-electron chi connectivity index (χ1n) is 9.75. The second kappa shape index (κ2) is 8.70. The summed E-state index contributed by atoms with van der Waals surface area (Å²) in [4.78, 5) is 24.7. The van der Waals surface area contributed by atoms with E-state index in [4.69, 9.17) is 33.2 Å². The van der Waals surface area contributed by atoms with Gasteiger partial charge < -0.3 is 33.2 Å². The standard InChI is InChI=1S/C23H22O9/c1-12(24)32-16-9-18-17(30-11-31-18)8-14(16)20(21-19(27-3)10-29-23(21)25)13-6-5-7-15(26-2)22(13)28-4/h5-9,20H,10-11H2,1-4H3. The molecule has 0 aliphatic carbocycles. The smallest absolute Gasteiger partial charge is 0.339 e. The van der Waals surface area contributed by atoms with Crippen LogP contribution < -0.4 is 23.7 Å². The number of esters is 2. The lowest BCUT2D eigenvalue weighted by atomic mass is 9.83. The summed E-state index contributed by atoms with van der Waals surface area (Å²) >= 11 is 0. The average molecular weight is 442 g/mol. The molecule has 2 aromatic rings. The summed E-state index contributed by atoms with van der Waals surface area (Å²) in [5.74, 6) is 0.457. The van der Waals surface area contributed by atoms with Crippen molar-refractivity contribution in [3.63, 3.8) is 0 Å². The van der Waals surface area contributed by atoms with Crippen LogP contribution in [-0.2, 0) is 19.1 Å². The zero-order valence-electron chi connectivity index (χ0n) is 18.1. The summed E-state index contributed by atoms with van der Waals surface area (Å²) in [5, 5.41) is 0. The highest BCUT2D eigenvalue weighted by Crippen LogP contribution is 2.49. The Labute approximate surface area is 184 Å². The number of cyclic esters (lactones) is 1. The van der Waals surface area contributed by atoms with Crippen LogP contribution >= 0.6 is 0 Å². The fourth-order valence-electron chi connectivity index (χ4n) is 3.87. The second-order valence-corrected chi connectivity index (χ2v) is 6.97. The van der Waals surface area contributed by atoms with Gasteiger partial charge in [-0.25, -0.2) is 4.79 Å². The zero-order chi connectivity index (χ0) is 22.8. The predicted octanol–water partition coefficient (Wildman–Crippen LogP) is 2.95. The van der Waals surface area contributed by atoms with Crippen molar-refractivity contribution in [3.8, 4) is 28.7 Å². The largest absolute Gasteiger partial charge is 0.497 e. The quantitative estimate of drug-likeness (QED) is 0.473. The molecule has 0 bridgehead atoms. The maximum absolute atomic E-state index is 12.9. The van der Waals surface area contributed by atoms with Gasteiger partial charge in [0.1, 0.15) is 18.1 Å². The van der Waals surface area contributed by atoms with Gasteiger partial charge in [0.25, 0.3) is 0 Å². The van der Waals surface area contributed by atoms with Gasteiger partial charge in [0.15, 0.2) is 23.0 Å². The third-order valence-corrected chi connectivity index (χ3v) is 5.20. The molecule has 1 unspecified atom stereocenters. The van der Waals surface area contributed by atoms with Gasteiger partial charge in [0.05, 0.1) is 32.8 Å². The Balaban J connectivity index is 2.03. The number of hydrogen-bond donors (Lipinski definition) is 0. The predicted molar refractivity (Wildman–Crippen MR) is 110 cm³/mol. The fraction of sp³-hybridized carbons (Fsp3) is 0.304. The van der Waals surface area contributed by atoms with E-state index in [1.165, 1.54) is 28.3 Å². The van der Waals surface area contributed by atoms with Crippen molar-refractivity contribution in [2.45, 2.75) is 12.8 Å². The Morgan fingerprint density at radius 2 is 1.69 bits per heavy atom. The van der Waals surface area contributed by atoms with Gasteiger partial charge in [-0.1, -0.05) is 12.1 Å². The SMILES string of the molecule is COC1=C(C(c2cc3c(cc2OC(C)=O)OCO3)c2cccc(OC)c2OC)C(=O)OC1. The van der Waals surface area contributed by atoms with Crippen molar-refractivity contribution in [2.75, 3.05) is 34.7 Å². The van der Waals surface area contributed by atoms with Crippen molar-refractivity contribution in [3.05, 3.63) is 52.8 Å². The molecule has 2 aliphatic heterocycles. The monoisotopic (exact) mass is 442 g/mol. The van der Waals surface area contributed by atoms with Crippen molar-refractivity contribution in [2.24, 2.45) is 0 Å². The Kier molecular flexibility index (Phi) is 5.81. The molecule has 4 rings (SSSR count). The van der Waals surface area contributed by atoms with Crippen LogP contribution in [0.15, 0.2) is 41.7 Å². The molecule has 0 saturated heterocycles. The van der Waals surface area contributed by atoms with Crippen LogP contribution in [0.25, 0.3) is 0 Å². The summed E-state index contributed by atoms with van der Waals surface area (Å²) in [7, 11) is 4.48. The minimum Gasteiger partial charge on any atom is -0.497 e. The van der Waals surface area contributed by atoms with E-state index >= 15 is 0 Å². The lowest BCUT2D eigenvalue weighted by Crippen LogP contribution is -2.16. The molecule has 0 fully saturated rings. The van der Waals surface area contributed by atoms with Crippen LogP contribution in [0.1, 0.15) is 24.0 Å². The molecule has 2 aromatic carbocycles. The third-order valence-electron chi connectivity index (χ3n) is 5.20. The maximum atomic E-state index is 12.9.